The Balaban J connectivity index is 1.55. The Bertz CT molecular complexity index is 1780. The van der Waals surface area contributed by atoms with Gasteiger partial charge >= 0.3 is 0 Å². The van der Waals surface area contributed by atoms with Crippen molar-refractivity contribution in [3.8, 4) is 5.75 Å². The van der Waals surface area contributed by atoms with E-state index in [1.165, 1.54) is 22.5 Å². The molecule has 0 amide bonds. The first kappa shape index (κ1) is 25.7. The Hall–Kier alpha value is -2.52. The highest BCUT2D eigenvalue weighted by Gasteiger charge is 2.32. The highest BCUT2D eigenvalue weighted by molar-refractivity contribution is 9.11. The number of ether oxygens (including phenoxy) is 1. The van der Waals surface area contributed by atoms with E-state index in [9.17, 15) is 4.79 Å². The van der Waals surface area contributed by atoms with Crippen molar-refractivity contribution in [3.05, 3.63) is 134 Å². The van der Waals surface area contributed by atoms with E-state index < -0.39 is 0 Å². The monoisotopic (exact) mass is 710 g/mol. The van der Waals surface area contributed by atoms with Crippen molar-refractivity contribution in [1.29, 1.82) is 0 Å². The van der Waals surface area contributed by atoms with Gasteiger partial charge in [0.15, 0.2) is 4.80 Å². The van der Waals surface area contributed by atoms with E-state index in [0.717, 1.165) is 48.6 Å². The molecule has 4 aromatic rings. The Morgan fingerprint density at radius 1 is 1.05 bits per heavy atom. The molecule has 0 bridgehead atoms. The normalized spacial score (nSPS) is 16.4. The summed E-state index contributed by atoms with van der Waals surface area (Å²) in [6.07, 6.45) is 5.43. The summed E-state index contributed by atoms with van der Waals surface area (Å²) in [6, 6.07) is 20.4. The van der Waals surface area contributed by atoms with Gasteiger partial charge in [0.05, 0.1) is 25.2 Å². The first-order chi connectivity index (χ1) is 18.4. The van der Waals surface area contributed by atoms with Crippen LogP contribution >= 0.6 is 59.1 Å². The van der Waals surface area contributed by atoms with E-state index in [0.29, 0.717) is 21.7 Å². The van der Waals surface area contributed by atoms with E-state index >= 15 is 0 Å². The van der Waals surface area contributed by atoms with Gasteiger partial charge in [0.2, 0.25) is 0 Å². The minimum absolute atomic E-state index is 0.0358. The first-order valence-electron chi connectivity index (χ1n) is 12.1. The summed E-state index contributed by atoms with van der Waals surface area (Å²) >= 11 is 12.2. The van der Waals surface area contributed by atoms with Gasteiger partial charge < -0.3 is 4.74 Å². The van der Waals surface area contributed by atoms with Crippen LogP contribution in [0.4, 0.5) is 0 Å². The molecule has 0 fully saturated rings. The van der Waals surface area contributed by atoms with Gasteiger partial charge in [-0.15, -0.1) is 0 Å². The number of nitrogens with zero attached hydrogens (tertiary/aromatic N) is 2. The van der Waals surface area contributed by atoms with Gasteiger partial charge in [-0.25, -0.2) is 4.99 Å². The molecule has 1 aliphatic heterocycles. The van der Waals surface area contributed by atoms with Crippen molar-refractivity contribution in [2.45, 2.75) is 18.9 Å². The molecule has 0 N–H and O–H groups in total. The molecular formula is C30H21Br3N2O2S. The molecule has 1 aliphatic carbocycles. The fourth-order valence-corrected chi connectivity index (χ4v) is 7.78. The van der Waals surface area contributed by atoms with Crippen molar-refractivity contribution in [2.75, 3.05) is 6.61 Å². The Labute approximate surface area is 249 Å². The van der Waals surface area contributed by atoms with Crippen LogP contribution in [0.15, 0.2) is 102 Å². The number of aromatic nitrogens is 1. The molecule has 8 heteroatoms. The van der Waals surface area contributed by atoms with Crippen LogP contribution in [0, 0.1) is 0 Å². The van der Waals surface area contributed by atoms with Crippen molar-refractivity contribution < 1.29 is 4.74 Å². The molecule has 0 saturated carbocycles. The zero-order valence-electron chi connectivity index (χ0n) is 20.1. The molecule has 6 rings (SSSR count). The third-order valence-corrected chi connectivity index (χ3v) is 9.41. The van der Waals surface area contributed by atoms with E-state index in [2.05, 4.69) is 90.8 Å². The van der Waals surface area contributed by atoms with Crippen LogP contribution in [0.25, 0.3) is 11.8 Å². The molecule has 190 valence electrons. The third kappa shape index (κ3) is 4.62. The van der Waals surface area contributed by atoms with E-state index in [4.69, 9.17) is 9.73 Å². The van der Waals surface area contributed by atoms with E-state index in [-0.39, 0.29) is 11.6 Å². The van der Waals surface area contributed by atoms with Crippen LogP contribution in [0.3, 0.4) is 0 Å². The number of halogens is 3. The Morgan fingerprint density at radius 2 is 1.79 bits per heavy atom. The summed E-state index contributed by atoms with van der Waals surface area (Å²) < 4.78 is 10.9. The van der Waals surface area contributed by atoms with Gasteiger partial charge in [0.25, 0.3) is 5.56 Å². The van der Waals surface area contributed by atoms with Crippen LogP contribution in [-0.4, -0.2) is 11.2 Å². The first-order valence-corrected chi connectivity index (χ1v) is 15.3. The number of aryl methyl sites for hydroxylation is 1. The maximum absolute atomic E-state index is 14.0. The molecule has 1 atom stereocenters. The number of allylic oxidation sites excluding steroid dienone is 1. The van der Waals surface area contributed by atoms with Crippen molar-refractivity contribution in [1.82, 2.24) is 4.57 Å². The molecule has 3 aromatic carbocycles. The van der Waals surface area contributed by atoms with E-state index in [1.807, 2.05) is 34.9 Å². The van der Waals surface area contributed by atoms with Crippen molar-refractivity contribution >= 4 is 70.9 Å². The minimum Gasteiger partial charge on any atom is -0.487 e. The summed E-state index contributed by atoms with van der Waals surface area (Å²) in [5.41, 5.74) is 6.59. The number of hydrogen-bond acceptors (Lipinski definition) is 4. The molecule has 0 saturated heterocycles. The molecule has 2 heterocycles. The van der Waals surface area contributed by atoms with Crippen molar-refractivity contribution in [2.24, 2.45) is 4.99 Å². The van der Waals surface area contributed by atoms with Gasteiger partial charge in [-0.05, 0) is 97.3 Å². The van der Waals surface area contributed by atoms with Crippen LogP contribution in [0.2, 0.25) is 0 Å². The summed E-state index contributed by atoms with van der Waals surface area (Å²) in [4.78, 5) is 19.8. The molecule has 4 nitrogen and oxygen atoms in total. The van der Waals surface area contributed by atoms with Crippen molar-refractivity contribution in [3.63, 3.8) is 0 Å². The molecule has 2 aliphatic rings. The maximum Gasteiger partial charge on any atom is 0.271 e. The number of benzene rings is 3. The quantitative estimate of drug-likeness (QED) is 0.206. The molecule has 0 spiro atoms. The fraction of sp³-hybridized carbons (Fsp3) is 0.133. The minimum atomic E-state index is -0.196. The van der Waals surface area contributed by atoms with Crippen LogP contribution in [-0.2, 0) is 6.42 Å². The van der Waals surface area contributed by atoms with Gasteiger partial charge in [0.1, 0.15) is 12.4 Å². The summed E-state index contributed by atoms with van der Waals surface area (Å²) in [7, 11) is 0. The lowest BCUT2D eigenvalue weighted by Gasteiger charge is -2.30. The second-order valence-corrected chi connectivity index (χ2v) is 12.7. The van der Waals surface area contributed by atoms with Crippen LogP contribution < -0.4 is 19.6 Å². The summed E-state index contributed by atoms with van der Waals surface area (Å²) in [6.45, 7) is 4.11. The largest absolute Gasteiger partial charge is 0.487 e. The molecule has 0 radical (unpaired) electrons. The van der Waals surface area contributed by atoms with Gasteiger partial charge in [0, 0.05) is 10.0 Å². The zero-order valence-corrected chi connectivity index (χ0v) is 25.7. The Morgan fingerprint density at radius 3 is 2.53 bits per heavy atom. The smallest absolute Gasteiger partial charge is 0.271 e. The molecular weight excluding hydrogens is 692 g/mol. The van der Waals surface area contributed by atoms with Gasteiger partial charge in [-0.2, -0.15) is 0 Å². The number of hydrogen-bond donors (Lipinski definition) is 0. The lowest BCUT2D eigenvalue weighted by molar-refractivity contribution is 0.358. The predicted octanol–water partition coefficient (Wildman–Crippen LogP) is 7.17. The Kier molecular flexibility index (Phi) is 7.16. The van der Waals surface area contributed by atoms with Gasteiger partial charge in [-0.1, -0.05) is 76.3 Å². The molecule has 38 heavy (non-hydrogen) atoms. The second-order valence-electron chi connectivity index (χ2n) is 9.08. The summed E-state index contributed by atoms with van der Waals surface area (Å²) in [5.74, 6) is 0.699. The average molecular weight is 713 g/mol. The maximum atomic E-state index is 14.0. The van der Waals surface area contributed by atoms with Crippen LogP contribution in [0.1, 0.15) is 34.7 Å². The number of thiazole rings is 1. The summed E-state index contributed by atoms with van der Waals surface area (Å²) in [5, 5.41) is 0. The topological polar surface area (TPSA) is 43.6 Å². The predicted molar refractivity (Wildman–Crippen MR) is 164 cm³/mol. The standard InChI is InChI=1S/C30H21Br3N2O2S/c1-2-13-37-28-23(32)14-17(15-24(28)33)16-25-29(36)35-27(19-7-10-20(31)11-8-19)22-12-9-18-5-3-4-6-21(18)26(22)34-30(35)38-25/h2-8,10-11,14-16,27H,1,9,12-13H2/b25-16+/t27-/m1/s1. The number of fused-ring (bicyclic) bond motifs is 3. The molecule has 1 aromatic heterocycles. The lowest BCUT2D eigenvalue weighted by atomic mass is 9.83. The number of rotatable bonds is 5. The second kappa shape index (κ2) is 10.6. The highest BCUT2D eigenvalue weighted by atomic mass is 79.9. The fourth-order valence-electron chi connectivity index (χ4n) is 5.06. The SMILES string of the molecule is C=CCOc1c(Br)cc(/C=c2/sc3n(c2=O)[C@H](c2ccc(Br)cc2)C2=C(N=3)c3ccccc3CC2)cc1Br. The zero-order chi connectivity index (χ0) is 26.4. The lowest BCUT2D eigenvalue weighted by Crippen LogP contribution is -2.38. The van der Waals surface area contributed by atoms with Crippen LogP contribution in [0.5, 0.6) is 5.75 Å². The average Bonchev–Trinajstić information content (AvgIpc) is 3.22. The molecule has 0 unspecified atom stereocenters. The highest BCUT2D eigenvalue weighted by Crippen LogP contribution is 2.41. The third-order valence-electron chi connectivity index (χ3n) is 6.72. The van der Waals surface area contributed by atoms with E-state index in [1.54, 1.807) is 6.08 Å². The van der Waals surface area contributed by atoms with Gasteiger partial charge in [-0.3, -0.25) is 9.36 Å².